The molecule has 0 aromatic carbocycles. The van der Waals surface area contributed by atoms with Gasteiger partial charge in [0.05, 0.1) is 39.0 Å². The van der Waals surface area contributed by atoms with Gasteiger partial charge >= 0.3 is 29.8 Å². The largest absolute Gasteiger partial charge is 0.481 e. The van der Waals surface area contributed by atoms with Gasteiger partial charge in [0.2, 0.25) is 29.5 Å². The molecule has 1 aliphatic heterocycles. The molecule has 75 heavy (non-hydrogen) atoms. The maximum absolute atomic E-state index is 13.3. The number of carboxylic acids is 5. The number of hydrogen-bond donors (Lipinski definition) is 12. The Balaban J connectivity index is 2.22. The van der Waals surface area contributed by atoms with Crippen molar-refractivity contribution < 1.29 is 92.5 Å². The van der Waals surface area contributed by atoms with Crippen molar-refractivity contribution in [1.29, 1.82) is 0 Å². The second kappa shape index (κ2) is 42.7. The Labute approximate surface area is 438 Å². The van der Waals surface area contributed by atoms with Gasteiger partial charge in [0.15, 0.2) is 0 Å². The Morgan fingerprint density at radius 2 is 0.973 bits per heavy atom. The van der Waals surface area contributed by atoms with E-state index in [1.807, 2.05) is 0 Å². The first-order valence-corrected chi connectivity index (χ1v) is 26.3. The van der Waals surface area contributed by atoms with Gasteiger partial charge in [0.25, 0.3) is 0 Å². The van der Waals surface area contributed by atoms with Crippen molar-refractivity contribution >= 4 is 59.4 Å². The van der Waals surface area contributed by atoms with Crippen LogP contribution in [0.15, 0.2) is 0 Å². The summed E-state index contributed by atoms with van der Waals surface area (Å²) in [6, 6.07) is -5.29. The summed E-state index contributed by atoms with van der Waals surface area (Å²) in [5.74, 6) is -10.1. The van der Waals surface area contributed by atoms with Crippen LogP contribution in [0.25, 0.3) is 0 Å². The van der Waals surface area contributed by atoms with Crippen LogP contribution in [-0.2, 0) is 67.0 Å². The van der Waals surface area contributed by atoms with Crippen LogP contribution in [-0.4, -0.2) is 174 Å². The molecule has 1 aliphatic rings. The molecule has 6 atom stereocenters. The number of carboxylic acid groups (broad SMARTS) is 5. The molecule has 430 valence electrons. The zero-order chi connectivity index (χ0) is 55.6. The fourth-order valence-corrected chi connectivity index (χ4v) is 7.84. The van der Waals surface area contributed by atoms with Gasteiger partial charge < -0.3 is 72.1 Å². The number of amides is 5. The average Bonchev–Trinajstić information content (AvgIpc) is 3.36. The molecule has 0 aromatic rings. The van der Waals surface area contributed by atoms with Crippen LogP contribution in [0.1, 0.15) is 154 Å². The van der Waals surface area contributed by atoms with Crippen molar-refractivity contribution in [2.45, 2.75) is 184 Å². The normalized spacial score (nSPS) is 16.4. The smallest absolute Gasteiger partial charge is 0.326 e. The summed E-state index contributed by atoms with van der Waals surface area (Å²) < 4.78 is 16.2. The molecule has 0 bridgehead atoms. The van der Waals surface area contributed by atoms with Crippen LogP contribution in [0.4, 0.5) is 0 Å². The van der Waals surface area contributed by atoms with E-state index >= 15 is 0 Å². The molecule has 2 unspecified atom stereocenters. The molecule has 26 nitrogen and oxygen atoms in total. The van der Waals surface area contributed by atoms with Crippen LogP contribution >= 0.6 is 0 Å². The Morgan fingerprint density at radius 3 is 1.51 bits per heavy atom. The van der Waals surface area contributed by atoms with Gasteiger partial charge in [-0.05, 0) is 57.9 Å². The molecule has 1 fully saturated rings. The van der Waals surface area contributed by atoms with Crippen molar-refractivity contribution in [2.24, 2.45) is 11.7 Å². The highest BCUT2D eigenvalue weighted by Crippen LogP contribution is 2.22. The maximum Gasteiger partial charge on any atom is 0.326 e. The van der Waals surface area contributed by atoms with Crippen molar-refractivity contribution in [2.75, 3.05) is 59.3 Å². The van der Waals surface area contributed by atoms with Crippen LogP contribution in [0.2, 0.25) is 0 Å². The summed E-state index contributed by atoms with van der Waals surface area (Å²) in [6.45, 7) is 0.0935. The van der Waals surface area contributed by atoms with Crippen molar-refractivity contribution in [3.8, 4) is 0 Å². The van der Waals surface area contributed by atoms with E-state index in [2.05, 4.69) is 32.1 Å². The molecule has 26 heteroatoms. The van der Waals surface area contributed by atoms with Gasteiger partial charge in [-0.25, -0.2) is 14.4 Å². The number of aliphatic carboxylic acids is 5. The van der Waals surface area contributed by atoms with Crippen LogP contribution in [0, 0.1) is 5.92 Å². The lowest BCUT2D eigenvalue weighted by atomic mass is 9.91. The first kappa shape index (κ1) is 67.5. The number of carbonyl (C=O) groups excluding carboxylic acids is 5. The number of hydroxylamine groups is 1. The Hall–Kier alpha value is -5.54. The standard InChI is InChI=1S/C49H85N7O19/c50-24-16-15-17-35(46(64)65)53-42(59)23-21-37(48(68)69)55-45(63)34-31-38(49(70)71)56-75-39(34)32-73-28-26-52-43(60)33-74-30-29-72-27-25-51-40(57)22-20-36(47(66)67)54-41(58)18-13-11-9-7-5-3-1-2-4-6-8-10-12-14-19-44(61)62/h34-39,56H,1-33,50H2,(H,51,57)(H,52,60)(H,53,59)(H,54,58)(H,55,63)(H,61,62)(H,64,65)(H,66,67)(H,68,69)(H,70,71)/t34?,35-,36-,37-,38-,39?/m0/s1. The maximum atomic E-state index is 13.3. The number of ether oxygens (including phenoxy) is 3. The number of hydrogen-bond acceptors (Lipinski definition) is 16. The summed E-state index contributed by atoms with van der Waals surface area (Å²) in [6.07, 6.45) is 13.9. The minimum atomic E-state index is -1.58. The summed E-state index contributed by atoms with van der Waals surface area (Å²) in [7, 11) is 0. The monoisotopic (exact) mass is 1080 g/mol. The molecule has 0 saturated carbocycles. The number of unbranched alkanes of at least 4 members (excludes halogenated alkanes) is 14. The van der Waals surface area contributed by atoms with Crippen molar-refractivity contribution in [3.05, 3.63) is 0 Å². The van der Waals surface area contributed by atoms with Gasteiger partial charge in [-0.15, -0.1) is 0 Å². The third-order valence-corrected chi connectivity index (χ3v) is 12.2. The topological polar surface area (TPSA) is 407 Å². The van der Waals surface area contributed by atoms with Gasteiger partial charge in [-0.2, -0.15) is 5.48 Å². The highest BCUT2D eigenvalue weighted by atomic mass is 16.7. The van der Waals surface area contributed by atoms with E-state index in [0.29, 0.717) is 25.8 Å². The van der Waals surface area contributed by atoms with E-state index < -0.39 is 103 Å². The zero-order valence-corrected chi connectivity index (χ0v) is 43.3. The number of rotatable bonds is 48. The molecule has 0 radical (unpaired) electrons. The summed E-state index contributed by atoms with van der Waals surface area (Å²) in [5, 5.41) is 59.2. The minimum absolute atomic E-state index is 0.0112. The summed E-state index contributed by atoms with van der Waals surface area (Å²) in [5.41, 5.74) is 7.76. The Morgan fingerprint density at radius 1 is 0.507 bits per heavy atom. The third-order valence-electron chi connectivity index (χ3n) is 12.2. The molecule has 1 saturated heterocycles. The molecule has 0 spiro atoms. The van der Waals surface area contributed by atoms with E-state index in [1.54, 1.807) is 0 Å². The Bertz CT molecular complexity index is 1730. The second-order valence-electron chi connectivity index (χ2n) is 18.5. The minimum Gasteiger partial charge on any atom is -0.481 e. The fraction of sp³-hybridized carbons (Fsp3) is 0.796. The Kier molecular flexibility index (Phi) is 38.4. The van der Waals surface area contributed by atoms with Crippen LogP contribution in [0.5, 0.6) is 0 Å². The molecule has 5 amide bonds. The van der Waals surface area contributed by atoms with E-state index in [1.165, 1.54) is 32.1 Å². The number of nitrogens with one attached hydrogen (secondary N) is 6. The van der Waals surface area contributed by atoms with Gasteiger partial charge in [0, 0.05) is 38.8 Å². The summed E-state index contributed by atoms with van der Waals surface area (Å²) in [4.78, 5) is 125. The fourth-order valence-electron chi connectivity index (χ4n) is 7.84. The van der Waals surface area contributed by atoms with Crippen molar-refractivity contribution in [3.63, 3.8) is 0 Å². The summed E-state index contributed by atoms with van der Waals surface area (Å²) >= 11 is 0. The highest BCUT2D eigenvalue weighted by Gasteiger charge is 2.40. The van der Waals surface area contributed by atoms with Gasteiger partial charge in [-0.3, -0.25) is 38.4 Å². The van der Waals surface area contributed by atoms with Gasteiger partial charge in [-0.1, -0.05) is 77.0 Å². The number of carbonyl (C=O) groups is 10. The average molecular weight is 1080 g/mol. The SMILES string of the molecule is NCCCC[C@H](NC(=O)CC[C@H](NC(=O)C1C[C@@H](C(=O)O)NOC1COCCNC(=O)COCCOCCNC(=O)CC[C@H](NC(=O)CCCCCCCCCCCCCCCCC(=O)O)C(=O)O)C(=O)O)C(=O)O. The third kappa shape index (κ3) is 35.4. The van der Waals surface area contributed by atoms with E-state index in [0.717, 1.165) is 51.4 Å². The lowest BCUT2D eigenvalue weighted by Crippen LogP contribution is -2.56. The van der Waals surface area contributed by atoms with Crippen LogP contribution in [0.3, 0.4) is 0 Å². The lowest BCUT2D eigenvalue weighted by Gasteiger charge is -2.34. The van der Waals surface area contributed by atoms with Crippen molar-refractivity contribution in [1.82, 2.24) is 32.1 Å². The zero-order valence-electron chi connectivity index (χ0n) is 43.3. The highest BCUT2D eigenvalue weighted by molar-refractivity contribution is 5.88. The predicted octanol–water partition coefficient (Wildman–Crippen LogP) is 1.36. The van der Waals surface area contributed by atoms with E-state index in [4.69, 9.17) is 29.9 Å². The molecular formula is C49H85N7O19. The predicted molar refractivity (Wildman–Crippen MR) is 268 cm³/mol. The molecule has 0 aromatic heterocycles. The first-order chi connectivity index (χ1) is 35.9. The number of nitrogens with two attached hydrogens (primary N) is 1. The lowest BCUT2D eigenvalue weighted by molar-refractivity contribution is -0.172. The van der Waals surface area contributed by atoms with Crippen LogP contribution < -0.4 is 37.8 Å². The molecule has 13 N–H and O–H groups in total. The van der Waals surface area contributed by atoms with E-state index in [-0.39, 0.29) is 97.2 Å². The van der Waals surface area contributed by atoms with Gasteiger partial charge in [0.1, 0.15) is 36.9 Å². The molecule has 1 heterocycles. The molecule has 0 aliphatic carbocycles. The molecular weight excluding hydrogens is 991 g/mol. The second-order valence-corrected chi connectivity index (χ2v) is 18.5. The first-order valence-electron chi connectivity index (χ1n) is 26.3. The van der Waals surface area contributed by atoms with E-state index in [9.17, 15) is 68.4 Å². The molecule has 1 rings (SSSR count). The quantitative estimate of drug-likeness (QED) is 0.0383.